The molecular formula is C6H10N2O2. The largest absolute Gasteiger partial charge is 0.463 e. The van der Waals surface area contributed by atoms with E-state index >= 15 is 0 Å². The second-order valence-corrected chi connectivity index (χ2v) is 1.65. The summed E-state index contributed by atoms with van der Waals surface area (Å²) in [6.45, 7) is 2.50. The normalized spacial score (nSPS) is 9.40. The Hall–Kier alpha value is -1.19. The second-order valence-electron chi connectivity index (χ2n) is 1.65. The third-order valence-electron chi connectivity index (χ3n) is 1.05. The van der Waals surface area contributed by atoms with Crippen molar-refractivity contribution in [3.05, 3.63) is 12.4 Å². The summed E-state index contributed by atoms with van der Waals surface area (Å²) in [5, 5.41) is 0. The molecule has 0 aromatic carbocycles. The zero-order valence-electron chi connectivity index (χ0n) is 6.07. The van der Waals surface area contributed by atoms with Crippen molar-refractivity contribution >= 4 is 0 Å². The summed E-state index contributed by atoms with van der Waals surface area (Å²) in [5.74, 6) is 0. The number of imidazole rings is 1. The Morgan fingerprint density at radius 1 is 1.70 bits per heavy atom. The third kappa shape index (κ3) is 1.21. The molecule has 1 aromatic heterocycles. The summed E-state index contributed by atoms with van der Waals surface area (Å²) in [5.41, 5.74) is 0. The molecule has 1 rings (SSSR count). The van der Waals surface area contributed by atoms with Crippen LogP contribution in [0.4, 0.5) is 0 Å². The van der Waals surface area contributed by atoms with Gasteiger partial charge in [-0.25, -0.2) is 4.98 Å². The van der Waals surface area contributed by atoms with E-state index in [9.17, 15) is 0 Å². The fourth-order valence-electron chi connectivity index (χ4n) is 0.647. The van der Waals surface area contributed by atoms with Crippen molar-refractivity contribution in [2.45, 2.75) is 6.92 Å². The molecule has 4 heteroatoms. The molecule has 1 heterocycles. The first-order valence-corrected chi connectivity index (χ1v) is 3.09. The minimum atomic E-state index is 0.491. The van der Waals surface area contributed by atoms with Crippen molar-refractivity contribution in [3.63, 3.8) is 0 Å². The molecule has 0 saturated heterocycles. The van der Waals surface area contributed by atoms with Crippen molar-refractivity contribution in [2.75, 3.05) is 13.7 Å². The molecule has 0 aliphatic rings. The summed E-state index contributed by atoms with van der Waals surface area (Å²) in [4.78, 5) is 8.76. The lowest BCUT2D eigenvalue weighted by Gasteiger charge is -2.03. The summed E-state index contributed by atoms with van der Waals surface area (Å²) in [6.07, 6.45) is 3.31. The van der Waals surface area contributed by atoms with Crippen LogP contribution < -0.4 is 9.57 Å². The fraction of sp³-hybridized carbons (Fsp3) is 0.500. The highest BCUT2D eigenvalue weighted by atomic mass is 16.7. The SMILES string of the molecule is CCOc1nccn1OC. The van der Waals surface area contributed by atoms with Crippen LogP contribution in [-0.4, -0.2) is 23.4 Å². The van der Waals surface area contributed by atoms with Gasteiger partial charge in [-0.1, -0.05) is 0 Å². The van der Waals surface area contributed by atoms with Gasteiger partial charge in [0.05, 0.1) is 19.0 Å². The molecule has 0 aliphatic carbocycles. The molecule has 0 amide bonds. The van der Waals surface area contributed by atoms with Gasteiger partial charge in [-0.3, -0.25) is 0 Å². The molecule has 0 radical (unpaired) electrons. The van der Waals surface area contributed by atoms with Gasteiger partial charge in [-0.15, -0.1) is 4.73 Å². The van der Waals surface area contributed by atoms with Gasteiger partial charge in [-0.05, 0) is 6.92 Å². The molecule has 0 atom stereocenters. The standard InChI is InChI=1S/C6H10N2O2/c1-3-10-6-7-4-5-8(6)9-2/h4-5H,3H2,1-2H3. The van der Waals surface area contributed by atoms with Gasteiger partial charge in [0.15, 0.2) is 0 Å². The van der Waals surface area contributed by atoms with Gasteiger partial charge in [0, 0.05) is 0 Å². The monoisotopic (exact) mass is 142 g/mol. The molecule has 0 unspecified atom stereocenters. The van der Waals surface area contributed by atoms with Crippen LogP contribution in [0.25, 0.3) is 0 Å². The summed E-state index contributed by atoms with van der Waals surface area (Å²) >= 11 is 0. The molecule has 0 saturated carbocycles. The highest BCUT2D eigenvalue weighted by molar-refractivity contribution is 4.95. The molecular weight excluding hydrogens is 132 g/mol. The minimum Gasteiger partial charge on any atom is -0.463 e. The molecule has 56 valence electrons. The van der Waals surface area contributed by atoms with Crippen LogP contribution in [0.5, 0.6) is 6.01 Å². The zero-order valence-corrected chi connectivity index (χ0v) is 6.07. The quantitative estimate of drug-likeness (QED) is 0.610. The van der Waals surface area contributed by atoms with Crippen molar-refractivity contribution in [1.29, 1.82) is 0 Å². The lowest BCUT2D eigenvalue weighted by atomic mass is 10.9. The van der Waals surface area contributed by atoms with Crippen LogP contribution in [0, 0.1) is 0 Å². The van der Waals surface area contributed by atoms with E-state index in [0.717, 1.165) is 0 Å². The highest BCUT2D eigenvalue weighted by Crippen LogP contribution is 2.03. The lowest BCUT2D eigenvalue weighted by Crippen LogP contribution is -2.07. The smallest absolute Gasteiger partial charge is 0.330 e. The van der Waals surface area contributed by atoms with Gasteiger partial charge in [0.1, 0.15) is 7.11 Å². The van der Waals surface area contributed by atoms with E-state index in [1.54, 1.807) is 19.5 Å². The van der Waals surface area contributed by atoms with Crippen LogP contribution in [0.2, 0.25) is 0 Å². The molecule has 10 heavy (non-hydrogen) atoms. The van der Waals surface area contributed by atoms with E-state index in [2.05, 4.69) is 4.98 Å². The number of rotatable bonds is 3. The van der Waals surface area contributed by atoms with Gasteiger partial charge in [0.25, 0.3) is 0 Å². The Bertz CT molecular complexity index is 197. The fourth-order valence-corrected chi connectivity index (χ4v) is 0.647. The topological polar surface area (TPSA) is 36.3 Å². The van der Waals surface area contributed by atoms with E-state index in [4.69, 9.17) is 9.57 Å². The summed E-state index contributed by atoms with van der Waals surface area (Å²) in [7, 11) is 1.56. The van der Waals surface area contributed by atoms with Gasteiger partial charge < -0.3 is 9.57 Å². The Morgan fingerprint density at radius 3 is 3.10 bits per heavy atom. The van der Waals surface area contributed by atoms with E-state index < -0.39 is 0 Å². The number of hydrogen-bond donors (Lipinski definition) is 0. The Morgan fingerprint density at radius 2 is 2.50 bits per heavy atom. The molecule has 1 aromatic rings. The lowest BCUT2D eigenvalue weighted by molar-refractivity contribution is 0.128. The zero-order chi connectivity index (χ0) is 7.40. The number of ether oxygens (including phenoxy) is 1. The van der Waals surface area contributed by atoms with Crippen LogP contribution in [0.15, 0.2) is 12.4 Å². The molecule has 0 N–H and O–H groups in total. The van der Waals surface area contributed by atoms with Crippen molar-refractivity contribution in [3.8, 4) is 6.01 Å². The average molecular weight is 142 g/mol. The first kappa shape index (κ1) is 6.92. The third-order valence-corrected chi connectivity index (χ3v) is 1.05. The van der Waals surface area contributed by atoms with Crippen LogP contribution in [0.3, 0.4) is 0 Å². The number of aromatic nitrogens is 2. The molecule has 0 fully saturated rings. The highest BCUT2D eigenvalue weighted by Gasteiger charge is 1.99. The Labute approximate surface area is 59.3 Å². The van der Waals surface area contributed by atoms with E-state index in [0.29, 0.717) is 12.6 Å². The van der Waals surface area contributed by atoms with Crippen molar-refractivity contribution in [2.24, 2.45) is 0 Å². The predicted octanol–water partition coefficient (Wildman–Crippen LogP) is 0.340. The predicted molar refractivity (Wildman–Crippen MR) is 35.9 cm³/mol. The maximum absolute atomic E-state index is 5.09. The molecule has 0 bridgehead atoms. The van der Waals surface area contributed by atoms with Gasteiger partial charge in [0.2, 0.25) is 0 Å². The van der Waals surface area contributed by atoms with Gasteiger partial charge >= 0.3 is 6.01 Å². The summed E-state index contributed by atoms with van der Waals surface area (Å²) < 4.78 is 6.56. The van der Waals surface area contributed by atoms with Crippen molar-refractivity contribution in [1.82, 2.24) is 9.71 Å². The van der Waals surface area contributed by atoms with Gasteiger partial charge in [-0.2, -0.15) is 0 Å². The van der Waals surface area contributed by atoms with Crippen LogP contribution in [-0.2, 0) is 0 Å². The maximum atomic E-state index is 5.09. The van der Waals surface area contributed by atoms with E-state index in [1.165, 1.54) is 4.73 Å². The van der Waals surface area contributed by atoms with E-state index in [-0.39, 0.29) is 0 Å². The summed E-state index contributed by atoms with van der Waals surface area (Å²) in [6, 6.07) is 0.491. The first-order valence-electron chi connectivity index (χ1n) is 3.09. The number of nitrogens with zero attached hydrogens (tertiary/aromatic N) is 2. The minimum absolute atomic E-state index is 0.491. The Balaban J connectivity index is 2.70. The molecule has 0 aliphatic heterocycles. The van der Waals surface area contributed by atoms with E-state index in [1.807, 2.05) is 6.92 Å². The molecule has 0 spiro atoms. The van der Waals surface area contributed by atoms with Crippen molar-refractivity contribution < 1.29 is 9.57 Å². The second kappa shape index (κ2) is 3.10. The molecule has 4 nitrogen and oxygen atoms in total. The Kier molecular flexibility index (Phi) is 2.15. The first-order chi connectivity index (χ1) is 4.88. The number of hydrogen-bond acceptors (Lipinski definition) is 3. The van der Waals surface area contributed by atoms with Crippen LogP contribution in [0.1, 0.15) is 6.92 Å². The maximum Gasteiger partial charge on any atom is 0.330 e. The average Bonchev–Trinajstić information content (AvgIpc) is 2.36. The van der Waals surface area contributed by atoms with Crippen LogP contribution >= 0.6 is 0 Å².